The molecule has 0 spiro atoms. The number of nitrogens with zero attached hydrogens (tertiary/aromatic N) is 3. The highest BCUT2D eigenvalue weighted by Gasteiger charge is 2.29. The fourth-order valence-electron chi connectivity index (χ4n) is 2.05. The highest BCUT2D eigenvalue weighted by Crippen LogP contribution is 2.18. The Bertz CT molecular complexity index is 458. The molecule has 2 amide bonds. The van der Waals surface area contributed by atoms with Gasteiger partial charge in [0.1, 0.15) is 0 Å². The third kappa shape index (κ3) is 3.07. The van der Waals surface area contributed by atoms with Crippen molar-refractivity contribution in [3.8, 4) is 0 Å². The predicted molar refractivity (Wildman–Crippen MR) is 66.9 cm³/mol. The number of halogens is 1. The third-order valence-corrected chi connectivity index (χ3v) is 3.20. The lowest BCUT2D eigenvalue weighted by Gasteiger charge is -2.34. The Kier molecular flexibility index (Phi) is 4.09. The molecule has 5 nitrogen and oxygen atoms in total. The van der Waals surface area contributed by atoms with E-state index in [-0.39, 0.29) is 11.6 Å². The van der Waals surface area contributed by atoms with Gasteiger partial charge in [-0.1, -0.05) is 6.07 Å². The van der Waals surface area contributed by atoms with Crippen LogP contribution in [0.15, 0.2) is 24.4 Å². The number of carbonyl (C=O) groups excluding carboxylic acids is 2. The molecule has 19 heavy (non-hydrogen) atoms. The van der Waals surface area contributed by atoms with Crippen LogP contribution in [0, 0.1) is 0 Å². The van der Waals surface area contributed by atoms with Gasteiger partial charge in [-0.25, -0.2) is 4.39 Å². The summed E-state index contributed by atoms with van der Waals surface area (Å²) >= 11 is 0. The zero-order valence-electron chi connectivity index (χ0n) is 10.8. The Hall–Kier alpha value is -1.98. The maximum Gasteiger partial charge on any atom is 0.263 e. The van der Waals surface area contributed by atoms with E-state index in [1.54, 1.807) is 17.0 Å². The van der Waals surface area contributed by atoms with Crippen molar-refractivity contribution in [3.63, 3.8) is 0 Å². The average molecular weight is 265 g/mol. The normalized spacial score (nSPS) is 17.2. The van der Waals surface area contributed by atoms with Gasteiger partial charge in [-0.15, -0.1) is 0 Å². The summed E-state index contributed by atoms with van der Waals surface area (Å²) in [4.78, 5) is 30.1. The van der Waals surface area contributed by atoms with Gasteiger partial charge in [-0.2, -0.15) is 0 Å². The van der Waals surface area contributed by atoms with Crippen LogP contribution in [0.3, 0.4) is 0 Å². The molecule has 0 aliphatic carbocycles. The number of amides is 2. The Morgan fingerprint density at radius 2 is 1.84 bits per heavy atom. The number of piperazine rings is 1. The number of aromatic nitrogens is 1. The second-order valence-corrected chi connectivity index (χ2v) is 4.45. The molecule has 102 valence electrons. The van der Waals surface area contributed by atoms with Crippen LogP contribution in [0.2, 0.25) is 0 Å². The predicted octanol–water partition coefficient (Wildman–Crippen LogP) is 0.783. The summed E-state index contributed by atoms with van der Waals surface area (Å²) in [5, 5.41) is 0. The molecule has 6 heteroatoms. The van der Waals surface area contributed by atoms with E-state index in [9.17, 15) is 14.0 Å². The molecule has 1 fully saturated rings. The van der Waals surface area contributed by atoms with Crippen molar-refractivity contribution in [1.29, 1.82) is 0 Å². The quantitative estimate of drug-likeness (QED) is 0.794. The fraction of sp³-hybridized carbons (Fsp3) is 0.462. The van der Waals surface area contributed by atoms with Crippen molar-refractivity contribution in [2.45, 2.75) is 13.1 Å². The minimum absolute atomic E-state index is 0.0198. The Morgan fingerprint density at radius 3 is 2.37 bits per heavy atom. The number of carbonyl (C=O) groups is 2. The molecular formula is C13H16FN3O2. The standard InChI is InChI=1S/C13H16FN3O2/c1-10(18)16-6-8-17(9-7-16)13(19)12(14)11-4-2-3-5-15-11/h2-5,12H,6-9H2,1H3. The van der Waals surface area contributed by atoms with E-state index in [2.05, 4.69) is 4.98 Å². The lowest BCUT2D eigenvalue weighted by Crippen LogP contribution is -2.50. The smallest absolute Gasteiger partial charge is 0.263 e. The summed E-state index contributed by atoms with van der Waals surface area (Å²) in [5.74, 6) is -0.601. The molecule has 0 radical (unpaired) electrons. The zero-order valence-corrected chi connectivity index (χ0v) is 10.8. The molecule has 2 rings (SSSR count). The maximum atomic E-state index is 14.0. The average Bonchev–Trinajstić information content (AvgIpc) is 2.46. The molecular weight excluding hydrogens is 249 g/mol. The van der Waals surface area contributed by atoms with Gasteiger partial charge < -0.3 is 9.80 Å². The SMILES string of the molecule is CC(=O)N1CCN(C(=O)C(F)c2ccccn2)CC1. The Morgan fingerprint density at radius 1 is 1.21 bits per heavy atom. The van der Waals surface area contributed by atoms with Gasteiger partial charge in [-0.3, -0.25) is 14.6 Å². The highest BCUT2D eigenvalue weighted by molar-refractivity contribution is 5.82. The number of pyridine rings is 1. The molecule has 1 aromatic rings. The van der Waals surface area contributed by atoms with Crippen LogP contribution in [0.1, 0.15) is 18.8 Å². The summed E-state index contributed by atoms with van der Waals surface area (Å²) in [5.41, 5.74) is 0.126. The monoisotopic (exact) mass is 265 g/mol. The van der Waals surface area contributed by atoms with Gasteiger partial charge in [0.2, 0.25) is 12.1 Å². The first kappa shape index (κ1) is 13.5. The summed E-state index contributed by atoms with van der Waals surface area (Å²) in [6.07, 6.45) is -0.270. The van der Waals surface area contributed by atoms with Gasteiger partial charge in [-0.05, 0) is 12.1 Å². The van der Waals surface area contributed by atoms with Gasteiger partial charge in [0.05, 0.1) is 5.69 Å². The van der Waals surface area contributed by atoms with E-state index >= 15 is 0 Å². The van der Waals surface area contributed by atoms with Gasteiger partial charge in [0.25, 0.3) is 5.91 Å². The Labute approximate surface area is 111 Å². The summed E-state index contributed by atoms with van der Waals surface area (Å²) < 4.78 is 14.0. The minimum atomic E-state index is -1.73. The second kappa shape index (κ2) is 5.77. The first-order valence-corrected chi connectivity index (χ1v) is 6.19. The molecule has 1 unspecified atom stereocenters. The molecule has 2 heterocycles. The molecule has 1 atom stereocenters. The molecule has 1 aromatic heterocycles. The molecule has 0 bridgehead atoms. The van der Waals surface area contributed by atoms with E-state index in [1.807, 2.05) is 0 Å². The first-order valence-electron chi connectivity index (χ1n) is 6.19. The fourth-order valence-corrected chi connectivity index (χ4v) is 2.05. The largest absolute Gasteiger partial charge is 0.339 e. The van der Waals surface area contributed by atoms with E-state index in [0.29, 0.717) is 26.2 Å². The van der Waals surface area contributed by atoms with Crippen LogP contribution in [-0.2, 0) is 9.59 Å². The van der Waals surface area contributed by atoms with Crippen LogP contribution in [0.5, 0.6) is 0 Å². The van der Waals surface area contributed by atoms with E-state index in [4.69, 9.17) is 0 Å². The van der Waals surface area contributed by atoms with Crippen molar-refractivity contribution < 1.29 is 14.0 Å². The number of alkyl halides is 1. The minimum Gasteiger partial charge on any atom is -0.339 e. The summed E-state index contributed by atoms with van der Waals surface area (Å²) in [6.45, 7) is 3.13. The topological polar surface area (TPSA) is 53.5 Å². The molecule has 0 saturated carbocycles. The third-order valence-electron chi connectivity index (χ3n) is 3.20. The van der Waals surface area contributed by atoms with Gasteiger partial charge in [0.15, 0.2) is 0 Å². The van der Waals surface area contributed by atoms with Gasteiger partial charge in [0, 0.05) is 39.3 Å². The van der Waals surface area contributed by atoms with Crippen molar-refractivity contribution in [2.24, 2.45) is 0 Å². The van der Waals surface area contributed by atoms with Crippen LogP contribution in [0.25, 0.3) is 0 Å². The summed E-state index contributed by atoms with van der Waals surface area (Å²) in [7, 11) is 0. The molecule has 1 aliphatic rings. The van der Waals surface area contributed by atoms with Crippen LogP contribution < -0.4 is 0 Å². The van der Waals surface area contributed by atoms with Crippen molar-refractivity contribution in [1.82, 2.24) is 14.8 Å². The molecule has 1 saturated heterocycles. The summed E-state index contributed by atoms with van der Waals surface area (Å²) in [6, 6.07) is 4.82. The van der Waals surface area contributed by atoms with Crippen molar-refractivity contribution in [2.75, 3.05) is 26.2 Å². The Balaban J connectivity index is 1.96. The van der Waals surface area contributed by atoms with Crippen molar-refractivity contribution in [3.05, 3.63) is 30.1 Å². The van der Waals surface area contributed by atoms with E-state index in [0.717, 1.165) is 0 Å². The lowest BCUT2D eigenvalue weighted by molar-refractivity contribution is -0.142. The number of rotatable bonds is 2. The molecule has 1 aliphatic heterocycles. The van der Waals surface area contributed by atoms with E-state index < -0.39 is 12.1 Å². The van der Waals surface area contributed by atoms with E-state index in [1.165, 1.54) is 24.1 Å². The molecule has 0 aromatic carbocycles. The van der Waals surface area contributed by atoms with Gasteiger partial charge >= 0.3 is 0 Å². The lowest BCUT2D eigenvalue weighted by atomic mass is 10.2. The maximum absolute atomic E-state index is 14.0. The van der Waals surface area contributed by atoms with Crippen molar-refractivity contribution >= 4 is 11.8 Å². The highest BCUT2D eigenvalue weighted by atomic mass is 19.1. The van der Waals surface area contributed by atoms with Crippen LogP contribution >= 0.6 is 0 Å². The second-order valence-electron chi connectivity index (χ2n) is 4.45. The van der Waals surface area contributed by atoms with Crippen LogP contribution in [0.4, 0.5) is 4.39 Å². The number of hydrogen-bond donors (Lipinski definition) is 0. The van der Waals surface area contributed by atoms with Crippen LogP contribution in [-0.4, -0.2) is 52.8 Å². The molecule has 0 N–H and O–H groups in total. The first-order chi connectivity index (χ1) is 9.09. The number of hydrogen-bond acceptors (Lipinski definition) is 3. The zero-order chi connectivity index (χ0) is 13.8.